The average molecular weight is 449 g/mol. The molecule has 1 atom stereocenters. The van der Waals surface area contributed by atoms with Gasteiger partial charge in [0.05, 0.1) is 10.9 Å². The van der Waals surface area contributed by atoms with Gasteiger partial charge in [0.1, 0.15) is 0 Å². The van der Waals surface area contributed by atoms with Gasteiger partial charge in [0, 0.05) is 12.1 Å². The summed E-state index contributed by atoms with van der Waals surface area (Å²) >= 11 is 0. The second kappa shape index (κ2) is 11.2. The number of benzene rings is 1. The maximum atomic E-state index is 13.7. The lowest BCUT2D eigenvalue weighted by molar-refractivity contribution is -0.141. The van der Waals surface area contributed by atoms with E-state index in [1.807, 2.05) is 6.92 Å². The Morgan fingerprint density at radius 1 is 1.00 bits per heavy atom. The molecule has 0 bridgehead atoms. The zero-order valence-corrected chi connectivity index (χ0v) is 19.4. The van der Waals surface area contributed by atoms with Crippen molar-refractivity contribution in [2.45, 2.75) is 107 Å². The van der Waals surface area contributed by atoms with Crippen LogP contribution in [0.1, 0.15) is 84.0 Å². The van der Waals surface area contributed by atoms with Gasteiger partial charge in [-0.25, -0.2) is 8.42 Å². The number of sulfonamides is 1. The number of rotatable bonds is 10. The molecule has 0 unspecified atom stereocenters. The highest BCUT2D eigenvalue weighted by molar-refractivity contribution is 7.89. The SMILES string of the molecule is CCCC[C@@H](C(=O)C(=O)NC1CCCC1)N(C1CCCCC1)S(=O)(=O)c1ccccc1. The minimum Gasteiger partial charge on any atom is -0.347 e. The molecule has 1 aromatic carbocycles. The molecule has 0 radical (unpaired) electrons. The first-order valence-corrected chi connectivity index (χ1v) is 13.3. The van der Waals surface area contributed by atoms with E-state index in [1.165, 1.54) is 4.31 Å². The van der Waals surface area contributed by atoms with Gasteiger partial charge >= 0.3 is 0 Å². The molecular weight excluding hydrogens is 412 g/mol. The van der Waals surface area contributed by atoms with E-state index >= 15 is 0 Å². The van der Waals surface area contributed by atoms with Crippen LogP contribution in [0.5, 0.6) is 0 Å². The standard InChI is InChI=1S/C24H36N2O4S/c1-2-3-18-22(23(27)24(28)25-19-12-10-11-13-19)26(20-14-6-4-7-15-20)31(29,30)21-16-8-5-9-17-21/h5,8-9,16-17,19-20,22H,2-4,6-7,10-15,18H2,1H3,(H,25,28)/t22-/m0/s1. The maximum Gasteiger partial charge on any atom is 0.289 e. The molecular formula is C24H36N2O4S. The van der Waals surface area contributed by atoms with E-state index in [0.29, 0.717) is 12.8 Å². The molecule has 0 spiro atoms. The molecule has 2 saturated carbocycles. The fourth-order valence-corrected chi connectivity index (χ4v) is 6.80. The number of carbonyl (C=O) groups is 2. The summed E-state index contributed by atoms with van der Waals surface area (Å²) in [5, 5.41) is 2.87. The van der Waals surface area contributed by atoms with Crippen LogP contribution >= 0.6 is 0 Å². The van der Waals surface area contributed by atoms with Crippen LogP contribution in [0.25, 0.3) is 0 Å². The van der Waals surface area contributed by atoms with E-state index in [2.05, 4.69) is 5.32 Å². The summed E-state index contributed by atoms with van der Waals surface area (Å²) in [6, 6.07) is 7.15. The summed E-state index contributed by atoms with van der Waals surface area (Å²) in [7, 11) is -3.90. The second-order valence-electron chi connectivity index (χ2n) is 8.92. The van der Waals surface area contributed by atoms with E-state index in [1.54, 1.807) is 30.3 Å². The van der Waals surface area contributed by atoms with Gasteiger partial charge in [-0.2, -0.15) is 4.31 Å². The quantitative estimate of drug-likeness (QED) is 0.544. The normalized spacial score (nSPS) is 19.4. The predicted octanol–water partition coefficient (Wildman–Crippen LogP) is 4.20. The van der Waals surface area contributed by atoms with Crippen molar-refractivity contribution in [2.75, 3.05) is 0 Å². The zero-order valence-electron chi connectivity index (χ0n) is 18.6. The minimum absolute atomic E-state index is 0.0251. The van der Waals surface area contributed by atoms with Crippen LogP contribution in [-0.4, -0.2) is 42.5 Å². The third kappa shape index (κ3) is 5.95. The molecule has 1 aromatic rings. The minimum atomic E-state index is -3.90. The molecule has 172 valence electrons. The lowest BCUT2D eigenvalue weighted by Crippen LogP contribution is -2.55. The second-order valence-corrected chi connectivity index (χ2v) is 10.8. The highest BCUT2D eigenvalue weighted by atomic mass is 32.2. The highest BCUT2D eigenvalue weighted by Gasteiger charge is 2.42. The summed E-state index contributed by atoms with van der Waals surface area (Å²) in [6.07, 6.45) is 10.2. The van der Waals surface area contributed by atoms with Gasteiger partial charge in [-0.15, -0.1) is 0 Å². The smallest absolute Gasteiger partial charge is 0.289 e. The van der Waals surface area contributed by atoms with Crippen LogP contribution in [0.15, 0.2) is 35.2 Å². The summed E-state index contributed by atoms with van der Waals surface area (Å²) in [4.78, 5) is 26.4. The number of amides is 1. The Kier molecular flexibility index (Phi) is 8.67. The van der Waals surface area contributed by atoms with Crippen molar-refractivity contribution in [1.82, 2.24) is 9.62 Å². The summed E-state index contributed by atoms with van der Waals surface area (Å²) in [6.45, 7) is 2.01. The van der Waals surface area contributed by atoms with E-state index in [4.69, 9.17) is 0 Å². The maximum absolute atomic E-state index is 13.7. The molecule has 0 heterocycles. The van der Waals surface area contributed by atoms with Crippen molar-refractivity contribution in [1.29, 1.82) is 0 Å². The summed E-state index contributed by atoms with van der Waals surface area (Å²) in [5.41, 5.74) is 0. The lowest BCUT2D eigenvalue weighted by Gasteiger charge is -2.38. The van der Waals surface area contributed by atoms with Crippen LogP contribution in [0.4, 0.5) is 0 Å². The molecule has 6 nitrogen and oxygen atoms in total. The fraction of sp³-hybridized carbons (Fsp3) is 0.667. The van der Waals surface area contributed by atoms with Gasteiger partial charge in [0.15, 0.2) is 0 Å². The number of carbonyl (C=O) groups excluding carboxylic acids is 2. The number of hydrogen-bond acceptors (Lipinski definition) is 4. The lowest BCUT2D eigenvalue weighted by atomic mass is 9.93. The van der Waals surface area contributed by atoms with Gasteiger partial charge in [-0.05, 0) is 44.2 Å². The molecule has 2 aliphatic carbocycles. The van der Waals surface area contributed by atoms with Gasteiger partial charge in [0.2, 0.25) is 15.8 Å². The van der Waals surface area contributed by atoms with Crippen molar-refractivity contribution in [3.63, 3.8) is 0 Å². The Labute approximate surface area is 186 Å². The Hall–Kier alpha value is -1.73. The first-order chi connectivity index (χ1) is 14.9. The highest BCUT2D eigenvalue weighted by Crippen LogP contribution is 2.32. The van der Waals surface area contributed by atoms with Crippen molar-refractivity contribution in [3.8, 4) is 0 Å². The topological polar surface area (TPSA) is 83.6 Å². The number of hydrogen-bond donors (Lipinski definition) is 1. The van der Waals surface area contributed by atoms with Gasteiger partial charge < -0.3 is 5.32 Å². The van der Waals surface area contributed by atoms with Crippen LogP contribution in [0, 0.1) is 0 Å². The average Bonchev–Trinajstić information content (AvgIpc) is 3.30. The molecule has 0 aromatic heterocycles. The fourth-order valence-electron chi connectivity index (χ4n) is 4.92. The molecule has 3 rings (SSSR count). The van der Waals surface area contributed by atoms with E-state index in [9.17, 15) is 18.0 Å². The third-order valence-electron chi connectivity index (χ3n) is 6.61. The number of nitrogens with zero attached hydrogens (tertiary/aromatic N) is 1. The Morgan fingerprint density at radius 2 is 1.61 bits per heavy atom. The molecule has 2 aliphatic rings. The molecule has 1 N–H and O–H groups in total. The third-order valence-corrected chi connectivity index (χ3v) is 8.58. The van der Waals surface area contributed by atoms with E-state index < -0.39 is 27.8 Å². The Morgan fingerprint density at radius 3 is 2.23 bits per heavy atom. The zero-order chi connectivity index (χ0) is 22.3. The number of Topliss-reactive ketones (excluding diaryl/α,β-unsaturated/α-hetero) is 1. The van der Waals surface area contributed by atoms with Crippen LogP contribution < -0.4 is 5.32 Å². The monoisotopic (exact) mass is 448 g/mol. The first kappa shape index (κ1) is 23.9. The van der Waals surface area contributed by atoms with Crippen molar-refractivity contribution >= 4 is 21.7 Å². The molecule has 0 saturated heterocycles. The molecule has 7 heteroatoms. The van der Waals surface area contributed by atoms with Crippen LogP contribution in [-0.2, 0) is 19.6 Å². The Balaban J connectivity index is 1.94. The van der Waals surface area contributed by atoms with Gasteiger partial charge in [-0.3, -0.25) is 9.59 Å². The van der Waals surface area contributed by atoms with Crippen LogP contribution in [0.2, 0.25) is 0 Å². The molecule has 1 amide bonds. The largest absolute Gasteiger partial charge is 0.347 e. The summed E-state index contributed by atoms with van der Waals surface area (Å²) in [5.74, 6) is -1.23. The van der Waals surface area contributed by atoms with Crippen LogP contribution in [0.3, 0.4) is 0 Å². The summed E-state index contributed by atoms with van der Waals surface area (Å²) < 4.78 is 28.9. The van der Waals surface area contributed by atoms with Crippen molar-refractivity contribution in [3.05, 3.63) is 30.3 Å². The number of ketones is 1. The van der Waals surface area contributed by atoms with Crippen molar-refractivity contribution in [2.24, 2.45) is 0 Å². The number of nitrogens with one attached hydrogen (secondary N) is 1. The Bertz CT molecular complexity index is 828. The van der Waals surface area contributed by atoms with E-state index in [0.717, 1.165) is 64.2 Å². The van der Waals surface area contributed by atoms with Crippen molar-refractivity contribution < 1.29 is 18.0 Å². The van der Waals surface area contributed by atoms with E-state index in [-0.39, 0.29) is 17.0 Å². The van der Waals surface area contributed by atoms with Gasteiger partial charge in [0.25, 0.3) is 5.91 Å². The molecule has 31 heavy (non-hydrogen) atoms. The van der Waals surface area contributed by atoms with Gasteiger partial charge in [-0.1, -0.05) is 70.1 Å². The first-order valence-electron chi connectivity index (χ1n) is 11.9. The molecule has 0 aliphatic heterocycles. The number of unbranched alkanes of at least 4 members (excludes halogenated alkanes) is 1. The molecule has 2 fully saturated rings. The predicted molar refractivity (Wildman–Crippen MR) is 121 cm³/mol.